The molecule has 1 aliphatic heterocycles. The van der Waals surface area contributed by atoms with Gasteiger partial charge in [-0.2, -0.15) is 0 Å². The molecule has 2 amide bonds. The summed E-state index contributed by atoms with van der Waals surface area (Å²) in [5.74, 6) is 0.281. The third kappa shape index (κ3) is 5.91. The molecule has 198 valence electrons. The normalized spacial score (nSPS) is 12.7. The van der Waals surface area contributed by atoms with Crippen LogP contribution in [0.25, 0.3) is 11.1 Å². The Morgan fingerprint density at radius 3 is 2.39 bits per heavy atom. The predicted molar refractivity (Wildman–Crippen MR) is 143 cm³/mol. The first kappa shape index (κ1) is 26.6. The zero-order chi connectivity index (χ0) is 27.4. The van der Waals surface area contributed by atoms with Gasteiger partial charge in [-0.25, -0.2) is 9.97 Å². The minimum Gasteiger partial charge on any atom is -0.474 e. The van der Waals surface area contributed by atoms with Gasteiger partial charge in [0.15, 0.2) is 0 Å². The number of fused-ring (bicyclic) bond motifs is 1. The molecule has 0 bridgehead atoms. The second-order valence-electron chi connectivity index (χ2n) is 9.85. The van der Waals surface area contributed by atoms with E-state index in [0.29, 0.717) is 41.8 Å². The van der Waals surface area contributed by atoms with Crippen LogP contribution < -0.4 is 15.0 Å². The number of amides is 2. The van der Waals surface area contributed by atoms with E-state index in [1.807, 2.05) is 24.3 Å². The highest BCUT2D eigenvalue weighted by molar-refractivity contribution is 5.99. The largest absolute Gasteiger partial charge is 0.474 e. The van der Waals surface area contributed by atoms with E-state index >= 15 is 0 Å². The van der Waals surface area contributed by atoms with E-state index in [1.165, 1.54) is 11.8 Å². The first-order valence-corrected chi connectivity index (χ1v) is 12.2. The van der Waals surface area contributed by atoms with Gasteiger partial charge in [-0.3, -0.25) is 14.4 Å². The standard InChI is InChI=1S/C28H31N5O5/c1-18(34)38-17-28(2,3)27(36)33-12-13-37-25-23(33)14-22(16-30-25)31-24-11-10-21(15-29-24)19-6-8-20(9-7-19)26(35)32(4)5/h6-11,14-16H,12-13,17H2,1-5H3,(H,29,31). The van der Waals surface area contributed by atoms with Crippen LogP contribution in [0, 0.1) is 5.41 Å². The Kier molecular flexibility index (Phi) is 7.61. The quantitative estimate of drug-likeness (QED) is 0.470. The first-order valence-electron chi connectivity index (χ1n) is 12.2. The van der Waals surface area contributed by atoms with E-state index < -0.39 is 11.4 Å². The maximum absolute atomic E-state index is 13.3. The van der Waals surface area contributed by atoms with Crippen molar-refractivity contribution in [1.29, 1.82) is 0 Å². The molecule has 3 heterocycles. The molecule has 0 atom stereocenters. The molecule has 0 unspecified atom stereocenters. The average molecular weight is 518 g/mol. The second kappa shape index (κ2) is 10.9. The van der Waals surface area contributed by atoms with Crippen molar-refractivity contribution in [1.82, 2.24) is 14.9 Å². The molecule has 0 fully saturated rings. The lowest BCUT2D eigenvalue weighted by Gasteiger charge is -2.34. The van der Waals surface area contributed by atoms with Gasteiger partial charge in [0.05, 0.1) is 23.8 Å². The van der Waals surface area contributed by atoms with E-state index in [2.05, 4.69) is 15.3 Å². The molecule has 1 aliphatic rings. The fourth-order valence-electron chi connectivity index (χ4n) is 3.94. The number of aromatic nitrogens is 2. The SMILES string of the molecule is CC(=O)OCC(C)(C)C(=O)N1CCOc2ncc(Nc3ccc(-c4ccc(C(=O)N(C)C)cc4)cn3)cc21. The van der Waals surface area contributed by atoms with Gasteiger partial charge in [0.1, 0.15) is 24.7 Å². The molecule has 3 aromatic rings. The highest BCUT2D eigenvalue weighted by atomic mass is 16.5. The molecule has 0 saturated heterocycles. The third-order valence-corrected chi connectivity index (χ3v) is 6.04. The van der Waals surface area contributed by atoms with Crippen LogP contribution in [0.15, 0.2) is 54.9 Å². The molecule has 1 N–H and O–H groups in total. The van der Waals surface area contributed by atoms with E-state index in [9.17, 15) is 14.4 Å². The molecule has 0 radical (unpaired) electrons. The number of esters is 1. The highest BCUT2D eigenvalue weighted by Gasteiger charge is 2.37. The summed E-state index contributed by atoms with van der Waals surface area (Å²) in [5, 5.41) is 3.22. The summed E-state index contributed by atoms with van der Waals surface area (Å²) >= 11 is 0. The van der Waals surface area contributed by atoms with Gasteiger partial charge in [0.25, 0.3) is 5.91 Å². The van der Waals surface area contributed by atoms with Crippen molar-refractivity contribution >= 4 is 35.0 Å². The number of hydrogen-bond acceptors (Lipinski definition) is 8. The number of nitrogens with one attached hydrogen (secondary N) is 1. The number of anilines is 3. The monoisotopic (exact) mass is 517 g/mol. The van der Waals surface area contributed by atoms with Crippen LogP contribution in [-0.2, 0) is 14.3 Å². The number of carbonyl (C=O) groups excluding carboxylic acids is 3. The van der Waals surface area contributed by atoms with Crippen molar-refractivity contribution in [3.63, 3.8) is 0 Å². The van der Waals surface area contributed by atoms with Crippen molar-refractivity contribution in [3.05, 3.63) is 60.4 Å². The Bertz CT molecular complexity index is 1340. The molecular weight excluding hydrogens is 486 g/mol. The number of carbonyl (C=O) groups is 3. The average Bonchev–Trinajstić information content (AvgIpc) is 2.91. The summed E-state index contributed by atoms with van der Waals surface area (Å²) in [6.07, 6.45) is 3.36. The van der Waals surface area contributed by atoms with Crippen LogP contribution in [0.2, 0.25) is 0 Å². The van der Waals surface area contributed by atoms with E-state index in [4.69, 9.17) is 9.47 Å². The third-order valence-electron chi connectivity index (χ3n) is 6.04. The molecule has 4 rings (SSSR count). The van der Waals surface area contributed by atoms with Gasteiger partial charge in [0.2, 0.25) is 11.8 Å². The van der Waals surface area contributed by atoms with Crippen molar-refractivity contribution < 1.29 is 23.9 Å². The Labute approximate surface area is 221 Å². The van der Waals surface area contributed by atoms with Crippen molar-refractivity contribution in [2.45, 2.75) is 20.8 Å². The van der Waals surface area contributed by atoms with Gasteiger partial charge in [-0.1, -0.05) is 12.1 Å². The van der Waals surface area contributed by atoms with Gasteiger partial charge in [0, 0.05) is 38.3 Å². The van der Waals surface area contributed by atoms with Crippen LogP contribution >= 0.6 is 0 Å². The van der Waals surface area contributed by atoms with Crippen LogP contribution in [0.4, 0.5) is 17.2 Å². The molecule has 2 aromatic heterocycles. The smallest absolute Gasteiger partial charge is 0.302 e. The van der Waals surface area contributed by atoms with Crippen LogP contribution in [0.3, 0.4) is 0 Å². The summed E-state index contributed by atoms with van der Waals surface area (Å²) in [6.45, 7) is 5.44. The lowest BCUT2D eigenvalue weighted by atomic mass is 9.92. The van der Waals surface area contributed by atoms with Crippen molar-refractivity contribution in [3.8, 4) is 17.0 Å². The zero-order valence-corrected chi connectivity index (χ0v) is 22.1. The number of hydrogen-bond donors (Lipinski definition) is 1. The molecule has 38 heavy (non-hydrogen) atoms. The topological polar surface area (TPSA) is 114 Å². The number of rotatable bonds is 7. The number of ether oxygens (including phenoxy) is 2. The minimum absolute atomic E-state index is 0.0236. The molecule has 10 heteroatoms. The summed E-state index contributed by atoms with van der Waals surface area (Å²) in [7, 11) is 3.44. The molecular formula is C28H31N5O5. The van der Waals surface area contributed by atoms with Crippen LogP contribution in [0.5, 0.6) is 5.88 Å². The fraction of sp³-hybridized carbons (Fsp3) is 0.321. The lowest BCUT2D eigenvalue weighted by Crippen LogP contribution is -2.47. The molecule has 0 aliphatic carbocycles. The predicted octanol–water partition coefficient (Wildman–Crippen LogP) is 3.90. The number of benzene rings is 1. The van der Waals surface area contributed by atoms with Gasteiger partial charge < -0.3 is 24.6 Å². The lowest BCUT2D eigenvalue weighted by molar-refractivity contribution is -0.146. The van der Waals surface area contributed by atoms with E-state index in [-0.39, 0.29) is 18.4 Å². The maximum atomic E-state index is 13.3. The zero-order valence-electron chi connectivity index (χ0n) is 22.1. The first-order chi connectivity index (χ1) is 18.0. The van der Waals surface area contributed by atoms with Gasteiger partial charge in [-0.05, 0) is 49.7 Å². The highest BCUT2D eigenvalue weighted by Crippen LogP contribution is 2.35. The summed E-state index contributed by atoms with van der Waals surface area (Å²) in [6, 6.07) is 12.9. The Hall–Kier alpha value is -4.47. The Morgan fingerprint density at radius 2 is 1.76 bits per heavy atom. The van der Waals surface area contributed by atoms with Crippen LogP contribution in [0.1, 0.15) is 31.1 Å². The Morgan fingerprint density at radius 1 is 1.05 bits per heavy atom. The van der Waals surface area contributed by atoms with Crippen molar-refractivity contribution in [2.75, 3.05) is 44.1 Å². The number of pyridine rings is 2. The molecule has 10 nitrogen and oxygen atoms in total. The van der Waals surface area contributed by atoms with Gasteiger partial charge in [-0.15, -0.1) is 0 Å². The van der Waals surface area contributed by atoms with E-state index in [0.717, 1.165) is 11.1 Å². The minimum atomic E-state index is -0.918. The summed E-state index contributed by atoms with van der Waals surface area (Å²) < 4.78 is 10.8. The van der Waals surface area contributed by atoms with Gasteiger partial charge >= 0.3 is 5.97 Å². The maximum Gasteiger partial charge on any atom is 0.302 e. The Balaban J connectivity index is 1.49. The summed E-state index contributed by atoms with van der Waals surface area (Å²) in [5.41, 5.74) is 2.72. The van der Waals surface area contributed by atoms with Crippen molar-refractivity contribution in [2.24, 2.45) is 5.41 Å². The molecule has 1 aromatic carbocycles. The molecule has 0 saturated carbocycles. The fourth-order valence-corrected chi connectivity index (χ4v) is 3.94. The van der Waals surface area contributed by atoms with E-state index in [1.54, 1.807) is 63.4 Å². The summed E-state index contributed by atoms with van der Waals surface area (Å²) in [4.78, 5) is 48.7. The number of nitrogens with zero attached hydrogens (tertiary/aromatic N) is 4. The molecule has 0 spiro atoms. The second-order valence-corrected chi connectivity index (χ2v) is 9.85. The van der Waals surface area contributed by atoms with Crippen LogP contribution in [-0.4, -0.2) is 66.5 Å².